The fraction of sp³-hybridized carbons (Fsp3) is 0.375. The lowest BCUT2D eigenvalue weighted by molar-refractivity contribution is 0.00919. The highest BCUT2D eigenvalue weighted by Gasteiger charge is 2.39. The molecule has 0 atom stereocenters. The molecule has 3 aromatic rings. The summed E-state index contributed by atoms with van der Waals surface area (Å²) in [6.07, 6.45) is 3.11. The van der Waals surface area contributed by atoms with Gasteiger partial charge in [-0.2, -0.15) is 5.10 Å². The van der Waals surface area contributed by atoms with Crippen LogP contribution in [0.5, 0.6) is 0 Å². The number of hydrogen-bond donors (Lipinski definition) is 0. The Labute approximate surface area is 181 Å². The van der Waals surface area contributed by atoms with E-state index in [0.717, 1.165) is 28.1 Å². The number of carbonyl (C=O) groups excluding carboxylic acids is 1. The van der Waals surface area contributed by atoms with Crippen LogP contribution in [0, 0.1) is 5.82 Å². The van der Waals surface area contributed by atoms with Crippen LogP contribution in [0.3, 0.4) is 0 Å². The third-order valence-corrected chi connectivity index (χ3v) is 5.21. The second-order valence-corrected chi connectivity index (χ2v) is 9.47. The number of aromatic nitrogens is 3. The number of pyridine rings is 1. The Morgan fingerprint density at radius 3 is 2.32 bits per heavy atom. The van der Waals surface area contributed by atoms with Crippen LogP contribution in [0.1, 0.15) is 40.3 Å². The van der Waals surface area contributed by atoms with Gasteiger partial charge in [-0.3, -0.25) is 14.6 Å². The molecule has 7 heteroatoms. The molecule has 31 heavy (non-hydrogen) atoms. The second kappa shape index (κ2) is 7.48. The van der Waals surface area contributed by atoms with Crippen molar-refractivity contribution in [3.05, 3.63) is 60.3 Å². The topological polar surface area (TPSA) is 60.2 Å². The molecule has 0 saturated heterocycles. The van der Waals surface area contributed by atoms with Gasteiger partial charge >= 0.3 is 6.09 Å². The summed E-state index contributed by atoms with van der Waals surface area (Å²) in [5.41, 5.74) is 3.30. The van der Waals surface area contributed by atoms with Crippen LogP contribution in [0.4, 0.5) is 9.18 Å². The molecule has 4 rings (SSSR count). The maximum Gasteiger partial charge on any atom is 0.410 e. The van der Waals surface area contributed by atoms with E-state index < -0.39 is 11.1 Å². The first-order valence-electron chi connectivity index (χ1n) is 10.3. The van der Waals surface area contributed by atoms with E-state index in [2.05, 4.69) is 4.98 Å². The smallest absolute Gasteiger partial charge is 0.410 e. The van der Waals surface area contributed by atoms with Crippen LogP contribution in [0.2, 0.25) is 0 Å². The van der Waals surface area contributed by atoms with E-state index >= 15 is 0 Å². The molecule has 0 N–H and O–H groups in total. The summed E-state index contributed by atoms with van der Waals surface area (Å²) < 4.78 is 21.2. The van der Waals surface area contributed by atoms with E-state index in [9.17, 15) is 9.18 Å². The molecular formula is C24H27FN4O2. The fourth-order valence-corrected chi connectivity index (χ4v) is 3.96. The van der Waals surface area contributed by atoms with Crippen LogP contribution in [0.25, 0.3) is 22.4 Å². The van der Waals surface area contributed by atoms with Crippen molar-refractivity contribution in [1.29, 1.82) is 0 Å². The maximum atomic E-state index is 13.6. The lowest BCUT2D eigenvalue weighted by Crippen LogP contribution is -2.50. The van der Waals surface area contributed by atoms with Crippen molar-refractivity contribution in [2.75, 3.05) is 6.54 Å². The maximum absolute atomic E-state index is 13.6. The highest BCUT2D eigenvalue weighted by molar-refractivity contribution is 5.83. The number of rotatable bonds is 2. The Hall–Kier alpha value is -3.22. The molecular weight excluding hydrogens is 395 g/mol. The summed E-state index contributed by atoms with van der Waals surface area (Å²) in [7, 11) is 0. The van der Waals surface area contributed by atoms with E-state index in [1.165, 1.54) is 12.1 Å². The molecule has 0 saturated carbocycles. The molecule has 162 valence electrons. The average molecular weight is 423 g/mol. The summed E-state index contributed by atoms with van der Waals surface area (Å²) in [4.78, 5) is 18.8. The number of halogens is 1. The van der Waals surface area contributed by atoms with Crippen molar-refractivity contribution < 1.29 is 13.9 Å². The molecule has 1 aliphatic rings. The van der Waals surface area contributed by atoms with E-state index in [4.69, 9.17) is 9.84 Å². The summed E-state index contributed by atoms with van der Waals surface area (Å²) in [5.74, 6) is -0.297. The lowest BCUT2D eigenvalue weighted by Gasteiger charge is -2.39. The Morgan fingerprint density at radius 2 is 1.71 bits per heavy atom. The molecule has 1 aliphatic heterocycles. The summed E-state index contributed by atoms with van der Waals surface area (Å²) in [6.45, 7) is 10.5. The minimum absolute atomic E-state index is 0.297. The van der Waals surface area contributed by atoms with Crippen LogP contribution >= 0.6 is 0 Å². The van der Waals surface area contributed by atoms with E-state index in [-0.39, 0.29) is 11.9 Å². The van der Waals surface area contributed by atoms with Crippen LogP contribution in [-0.4, -0.2) is 37.9 Å². The van der Waals surface area contributed by atoms with Gasteiger partial charge in [0.15, 0.2) is 0 Å². The van der Waals surface area contributed by atoms with Crippen LogP contribution < -0.4 is 0 Å². The van der Waals surface area contributed by atoms with E-state index in [1.807, 2.05) is 51.4 Å². The number of fused-ring (bicyclic) bond motifs is 1. The Balaban J connectivity index is 1.87. The number of nitrogens with zero attached hydrogens (tertiary/aromatic N) is 4. The van der Waals surface area contributed by atoms with Gasteiger partial charge in [0, 0.05) is 30.1 Å². The normalized spacial score (nSPS) is 15.5. The van der Waals surface area contributed by atoms with Crippen molar-refractivity contribution in [1.82, 2.24) is 19.7 Å². The standard InChI is InChI=1S/C24H27FN4O2/c1-23(2,3)31-22(30)28-14-19-20(16-10-12-26-13-11-16)21(17-6-8-18(25)9-7-17)27-29(19)24(4,5)15-28/h6-13H,14-15H2,1-5H3. The van der Waals surface area contributed by atoms with Crippen molar-refractivity contribution in [3.63, 3.8) is 0 Å². The minimum atomic E-state index is -0.577. The number of carbonyl (C=O) groups is 1. The van der Waals surface area contributed by atoms with Crippen LogP contribution in [0.15, 0.2) is 48.8 Å². The predicted octanol–water partition coefficient (Wildman–Crippen LogP) is 5.24. The molecule has 3 heterocycles. The molecule has 1 aromatic carbocycles. The molecule has 1 amide bonds. The highest BCUT2D eigenvalue weighted by atomic mass is 19.1. The zero-order valence-corrected chi connectivity index (χ0v) is 18.5. The van der Waals surface area contributed by atoms with Crippen molar-refractivity contribution in [2.24, 2.45) is 0 Å². The highest BCUT2D eigenvalue weighted by Crippen LogP contribution is 2.40. The first-order chi connectivity index (χ1) is 14.5. The van der Waals surface area contributed by atoms with Gasteiger partial charge in [0.2, 0.25) is 0 Å². The Bertz CT molecular complexity index is 1100. The lowest BCUT2D eigenvalue weighted by atomic mass is 9.96. The van der Waals surface area contributed by atoms with E-state index in [1.54, 1.807) is 29.4 Å². The van der Waals surface area contributed by atoms with Gasteiger partial charge in [-0.05, 0) is 76.6 Å². The Kier molecular flexibility index (Phi) is 5.07. The average Bonchev–Trinajstić information content (AvgIpc) is 3.08. The monoisotopic (exact) mass is 422 g/mol. The zero-order chi connectivity index (χ0) is 22.4. The summed E-state index contributed by atoms with van der Waals surface area (Å²) in [6, 6.07) is 10.2. The third-order valence-electron chi connectivity index (χ3n) is 5.21. The molecule has 0 radical (unpaired) electrons. The van der Waals surface area contributed by atoms with Gasteiger partial charge in [0.05, 0.1) is 17.8 Å². The number of amides is 1. The van der Waals surface area contributed by atoms with Crippen molar-refractivity contribution in [2.45, 2.75) is 52.3 Å². The predicted molar refractivity (Wildman–Crippen MR) is 117 cm³/mol. The van der Waals surface area contributed by atoms with Gasteiger partial charge in [-0.1, -0.05) is 0 Å². The van der Waals surface area contributed by atoms with Gasteiger partial charge in [0.25, 0.3) is 0 Å². The van der Waals surface area contributed by atoms with Crippen molar-refractivity contribution >= 4 is 6.09 Å². The minimum Gasteiger partial charge on any atom is -0.444 e. The SMILES string of the molecule is CC(C)(C)OC(=O)N1Cc2c(-c3ccncc3)c(-c3ccc(F)cc3)nn2C(C)(C)C1. The molecule has 0 aliphatic carbocycles. The first kappa shape index (κ1) is 21.0. The first-order valence-corrected chi connectivity index (χ1v) is 10.3. The molecule has 0 spiro atoms. The molecule has 2 aromatic heterocycles. The molecule has 6 nitrogen and oxygen atoms in total. The van der Waals surface area contributed by atoms with Crippen molar-refractivity contribution in [3.8, 4) is 22.4 Å². The van der Waals surface area contributed by atoms with Crippen LogP contribution in [-0.2, 0) is 16.8 Å². The summed E-state index contributed by atoms with van der Waals surface area (Å²) in [5, 5.41) is 4.94. The largest absolute Gasteiger partial charge is 0.444 e. The van der Waals surface area contributed by atoms with Gasteiger partial charge in [-0.15, -0.1) is 0 Å². The zero-order valence-electron chi connectivity index (χ0n) is 18.5. The van der Waals surface area contributed by atoms with E-state index in [0.29, 0.717) is 13.1 Å². The quantitative estimate of drug-likeness (QED) is 0.567. The second-order valence-electron chi connectivity index (χ2n) is 9.47. The number of benzene rings is 1. The van der Waals surface area contributed by atoms with Gasteiger partial charge < -0.3 is 4.74 Å². The number of ether oxygens (including phenoxy) is 1. The van der Waals surface area contributed by atoms with Gasteiger partial charge in [-0.25, -0.2) is 9.18 Å². The third kappa shape index (κ3) is 4.17. The molecule has 0 bridgehead atoms. The number of hydrogen-bond acceptors (Lipinski definition) is 4. The van der Waals surface area contributed by atoms with Gasteiger partial charge in [0.1, 0.15) is 17.1 Å². The fourth-order valence-electron chi connectivity index (χ4n) is 3.96. The Morgan fingerprint density at radius 1 is 1.06 bits per heavy atom. The molecule has 0 fully saturated rings. The summed E-state index contributed by atoms with van der Waals surface area (Å²) >= 11 is 0. The molecule has 0 unspecified atom stereocenters.